The molecule has 3 N–H and O–H groups in total. The third-order valence-corrected chi connectivity index (χ3v) is 5.91. The number of aryl methyl sites for hydroxylation is 1. The Morgan fingerprint density at radius 3 is 2.42 bits per heavy atom. The summed E-state index contributed by atoms with van der Waals surface area (Å²) in [5.74, 6) is 2.33. The Labute approximate surface area is 211 Å². The zero-order chi connectivity index (χ0) is 24.9. The predicted molar refractivity (Wildman–Crippen MR) is 142 cm³/mol. The van der Waals surface area contributed by atoms with Crippen molar-refractivity contribution in [3.05, 3.63) is 78.2 Å². The van der Waals surface area contributed by atoms with Crippen molar-refractivity contribution in [2.45, 2.75) is 39.4 Å². The van der Waals surface area contributed by atoms with Crippen LogP contribution >= 0.6 is 0 Å². The first kappa shape index (κ1) is 23.8. The van der Waals surface area contributed by atoms with Crippen molar-refractivity contribution in [2.24, 2.45) is 0 Å². The van der Waals surface area contributed by atoms with Gasteiger partial charge in [0.15, 0.2) is 5.82 Å². The highest BCUT2D eigenvalue weighted by Gasteiger charge is 2.20. The number of nitrogens with zero attached hydrogens (tertiary/aromatic N) is 6. The van der Waals surface area contributed by atoms with Crippen molar-refractivity contribution in [2.75, 3.05) is 23.7 Å². The van der Waals surface area contributed by atoms with E-state index in [-0.39, 0.29) is 0 Å². The van der Waals surface area contributed by atoms with Gasteiger partial charge in [-0.25, -0.2) is 19.9 Å². The molecule has 0 aliphatic carbocycles. The molecule has 36 heavy (non-hydrogen) atoms. The Morgan fingerprint density at radius 2 is 1.61 bits per heavy atom. The van der Waals surface area contributed by atoms with Crippen LogP contribution in [0.2, 0.25) is 0 Å². The van der Waals surface area contributed by atoms with E-state index in [1.807, 2.05) is 31.2 Å². The minimum absolute atomic E-state index is 0.498. The molecule has 1 aromatic carbocycles. The first-order valence-electron chi connectivity index (χ1n) is 12.2. The summed E-state index contributed by atoms with van der Waals surface area (Å²) in [5, 5.41) is 10.2. The molecule has 0 saturated carbocycles. The number of rotatable bonds is 7. The van der Waals surface area contributed by atoms with Gasteiger partial charge in [-0.05, 0) is 62.7 Å². The second-order valence-electron chi connectivity index (χ2n) is 9.31. The molecule has 1 aliphatic heterocycles. The lowest BCUT2D eigenvalue weighted by Crippen LogP contribution is -2.53. The summed E-state index contributed by atoms with van der Waals surface area (Å²) in [7, 11) is 0. The summed E-state index contributed by atoms with van der Waals surface area (Å²) in [5.41, 5.74) is 3.86. The molecule has 1 fully saturated rings. The van der Waals surface area contributed by atoms with Gasteiger partial charge in [0.1, 0.15) is 17.3 Å². The first-order valence-corrected chi connectivity index (χ1v) is 12.2. The predicted octanol–water partition coefficient (Wildman–Crippen LogP) is 4.31. The molecule has 0 spiro atoms. The van der Waals surface area contributed by atoms with E-state index in [2.05, 4.69) is 77.8 Å². The molecule has 5 rings (SSSR count). The minimum Gasteiger partial charge on any atom is -0.325 e. The average molecular weight is 482 g/mol. The topological polar surface area (TPSA) is 104 Å². The molecule has 0 amide bonds. The lowest BCUT2D eigenvalue weighted by Gasteiger charge is -2.36. The number of aromatic nitrogens is 5. The minimum atomic E-state index is 0.498. The monoisotopic (exact) mass is 481 g/mol. The SMILES string of the molecule is Cc1cccc(-c2nccc(Nc3ccnc(Nc4cccc(CN5CC(C)NC(C)C5)c4)n3)n2)n1. The molecule has 4 aromatic rings. The van der Waals surface area contributed by atoms with Crippen molar-refractivity contribution in [1.29, 1.82) is 0 Å². The molecule has 0 bridgehead atoms. The summed E-state index contributed by atoms with van der Waals surface area (Å²) in [6, 6.07) is 18.8. The number of hydrogen-bond donors (Lipinski definition) is 3. The molecule has 9 nitrogen and oxygen atoms in total. The van der Waals surface area contributed by atoms with Crippen LogP contribution in [0.1, 0.15) is 25.1 Å². The van der Waals surface area contributed by atoms with Crippen LogP contribution in [-0.4, -0.2) is 55.0 Å². The van der Waals surface area contributed by atoms with Crippen molar-refractivity contribution in [3.8, 4) is 11.5 Å². The lowest BCUT2D eigenvalue weighted by molar-refractivity contribution is 0.166. The van der Waals surface area contributed by atoms with Gasteiger partial charge in [0.2, 0.25) is 5.95 Å². The van der Waals surface area contributed by atoms with Crippen LogP contribution in [0.5, 0.6) is 0 Å². The Morgan fingerprint density at radius 1 is 0.861 bits per heavy atom. The number of piperazine rings is 1. The van der Waals surface area contributed by atoms with Crippen LogP contribution in [-0.2, 0) is 6.54 Å². The van der Waals surface area contributed by atoms with Crippen molar-refractivity contribution in [3.63, 3.8) is 0 Å². The van der Waals surface area contributed by atoms with Crippen molar-refractivity contribution < 1.29 is 0 Å². The molecule has 1 saturated heterocycles. The average Bonchev–Trinajstić information content (AvgIpc) is 2.84. The molecule has 4 heterocycles. The zero-order valence-corrected chi connectivity index (χ0v) is 20.8. The van der Waals surface area contributed by atoms with Gasteiger partial charge in [-0.2, -0.15) is 4.98 Å². The number of anilines is 4. The van der Waals surface area contributed by atoms with Gasteiger partial charge in [-0.3, -0.25) is 4.90 Å². The maximum atomic E-state index is 4.62. The number of nitrogens with one attached hydrogen (secondary N) is 3. The summed E-state index contributed by atoms with van der Waals surface area (Å²) in [4.78, 5) is 25.0. The van der Waals surface area contributed by atoms with Crippen LogP contribution in [0.4, 0.5) is 23.3 Å². The fourth-order valence-corrected chi connectivity index (χ4v) is 4.54. The quantitative estimate of drug-likeness (QED) is 0.356. The van der Waals surface area contributed by atoms with E-state index in [0.717, 1.165) is 36.7 Å². The first-order chi connectivity index (χ1) is 17.5. The van der Waals surface area contributed by atoms with E-state index in [0.29, 0.717) is 35.5 Å². The van der Waals surface area contributed by atoms with E-state index < -0.39 is 0 Å². The van der Waals surface area contributed by atoms with Gasteiger partial charge < -0.3 is 16.0 Å². The molecule has 2 atom stereocenters. The highest BCUT2D eigenvalue weighted by atomic mass is 15.2. The zero-order valence-electron chi connectivity index (χ0n) is 20.8. The molecular formula is C27H31N9. The van der Waals surface area contributed by atoms with Gasteiger partial charge in [0.25, 0.3) is 0 Å². The van der Waals surface area contributed by atoms with E-state index in [9.17, 15) is 0 Å². The van der Waals surface area contributed by atoms with Crippen LogP contribution in [0.15, 0.2) is 67.0 Å². The van der Waals surface area contributed by atoms with Crippen molar-refractivity contribution >= 4 is 23.3 Å². The molecule has 0 radical (unpaired) electrons. The third-order valence-electron chi connectivity index (χ3n) is 5.91. The molecule has 184 valence electrons. The summed E-state index contributed by atoms with van der Waals surface area (Å²) < 4.78 is 0. The van der Waals surface area contributed by atoms with Gasteiger partial charge in [0, 0.05) is 55.5 Å². The summed E-state index contributed by atoms with van der Waals surface area (Å²) in [6.07, 6.45) is 3.43. The van der Waals surface area contributed by atoms with Crippen LogP contribution in [0.3, 0.4) is 0 Å². The van der Waals surface area contributed by atoms with Crippen LogP contribution < -0.4 is 16.0 Å². The maximum Gasteiger partial charge on any atom is 0.229 e. The Bertz CT molecular complexity index is 1320. The van der Waals surface area contributed by atoms with E-state index >= 15 is 0 Å². The maximum absolute atomic E-state index is 4.62. The molecular weight excluding hydrogens is 450 g/mol. The smallest absolute Gasteiger partial charge is 0.229 e. The molecule has 2 unspecified atom stereocenters. The van der Waals surface area contributed by atoms with Crippen molar-refractivity contribution in [1.82, 2.24) is 35.1 Å². The van der Waals surface area contributed by atoms with Gasteiger partial charge >= 0.3 is 0 Å². The second kappa shape index (κ2) is 10.8. The fraction of sp³-hybridized carbons (Fsp3) is 0.296. The van der Waals surface area contributed by atoms with E-state index in [4.69, 9.17) is 0 Å². The number of benzene rings is 1. The fourth-order valence-electron chi connectivity index (χ4n) is 4.54. The standard InChI is InChI=1S/C27H31N9/c1-18-6-4-9-23(31-18)26-28-12-10-24(34-26)33-25-11-13-29-27(35-25)32-22-8-5-7-21(14-22)17-36-15-19(2)30-20(3)16-36/h4-14,19-20,30H,15-17H2,1-3H3,(H2,28,29,32,33,34,35). The molecule has 3 aromatic heterocycles. The summed E-state index contributed by atoms with van der Waals surface area (Å²) >= 11 is 0. The van der Waals surface area contributed by atoms with Gasteiger partial charge in [-0.1, -0.05) is 18.2 Å². The summed E-state index contributed by atoms with van der Waals surface area (Å²) in [6.45, 7) is 9.43. The second-order valence-corrected chi connectivity index (χ2v) is 9.31. The van der Waals surface area contributed by atoms with Crippen LogP contribution in [0.25, 0.3) is 11.5 Å². The lowest BCUT2D eigenvalue weighted by atomic mass is 10.1. The number of pyridine rings is 1. The Kier molecular flexibility index (Phi) is 7.11. The van der Waals surface area contributed by atoms with Crippen LogP contribution in [0, 0.1) is 6.92 Å². The largest absolute Gasteiger partial charge is 0.325 e. The van der Waals surface area contributed by atoms with E-state index in [1.165, 1.54) is 5.56 Å². The Balaban J connectivity index is 1.26. The highest BCUT2D eigenvalue weighted by Crippen LogP contribution is 2.20. The highest BCUT2D eigenvalue weighted by molar-refractivity contribution is 5.59. The third kappa shape index (κ3) is 6.18. The van der Waals surface area contributed by atoms with Gasteiger partial charge in [-0.15, -0.1) is 0 Å². The number of hydrogen-bond acceptors (Lipinski definition) is 9. The van der Waals surface area contributed by atoms with E-state index in [1.54, 1.807) is 24.5 Å². The molecule has 1 aliphatic rings. The Hall–Kier alpha value is -3.95. The van der Waals surface area contributed by atoms with Gasteiger partial charge in [0.05, 0.1) is 0 Å². The normalized spacial score (nSPS) is 18.1. The molecule has 9 heteroatoms.